The third-order valence-electron chi connectivity index (χ3n) is 5.62. The molecule has 4 rings (SSSR count). The molecule has 152 valence electrons. The summed E-state index contributed by atoms with van der Waals surface area (Å²) >= 11 is 0. The maximum Gasteiger partial charge on any atom is 0.261 e. The van der Waals surface area contributed by atoms with Crippen molar-refractivity contribution in [1.29, 1.82) is 0 Å². The van der Waals surface area contributed by atoms with Gasteiger partial charge in [0, 0.05) is 51.4 Å². The molecular formula is C22H24FN3O3. The SMILES string of the molecule is COc1ccc(F)cc1CN1CCN(CCN2C(=O)c3ccccc3C2=O)CC1. The predicted octanol–water partition coefficient (Wildman–Crippen LogP) is 2.25. The molecule has 0 N–H and O–H groups in total. The van der Waals surface area contributed by atoms with Crippen LogP contribution in [0.25, 0.3) is 0 Å². The molecule has 7 heteroatoms. The van der Waals surface area contributed by atoms with Crippen LogP contribution in [0.4, 0.5) is 4.39 Å². The molecule has 0 aromatic heterocycles. The van der Waals surface area contributed by atoms with Gasteiger partial charge in [0.1, 0.15) is 11.6 Å². The molecule has 0 aliphatic carbocycles. The molecule has 2 aliphatic rings. The first kappa shape index (κ1) is 19.5. The van der Waals surface area contributed by atoms with Crippen LogP contribution in [-0.2, 0) is 6.54 Å². The Morgan fingerprint density at radius 1 is 0.897 bits per heavy atom. The number of methoxy groups -OCH3 is 1. The van der Waals surface area contributed by atoms with Crippen LogP contribution in [-0.4, -0.2) is 72.9 Å². The smallest absolute Gasteiger partial charge is 0.261 e. The molecule has 2 heterocycles. The van der Waals surface area contributed by atoms with Crippen molar-refractivity contribution < 1.29 is 18.7 Å². The summed E-state index contributed by atoms with van der Waals surface area (Å²) in [5.74, 6) is 0.0182. The van der Waals surface area contributed by atoms with Crippen molar-refractivity contribution >= 4 is 11.8 Å². The molecule has 0 radical (unpaired) electrons. The first-order chi connectivity index (χ1) is 14.1. The van der Waals surface area contributed by atoms with Crippen molar-refractivity contribution in [3.63, 3.8) is 0 Å². The molecule has 0 unspecified atom stereocenters. The molecule has 0 atom stereocenters. The Hall–Kier alpha value is -2.77. The number of imide groups is 1. The second kappa shape index (κ2) is 8.31. The van der Waals surface area contributed by atoms with Gasteiger partial charge in [-0.15, -0.1) is 0 Å². The van der Waals surface area contributed by atoms with E-state index in [-0.39, 0.29) is 17.6 Å². The molecule has 1 saturated heterocycles. The number of ether oxygens (including phenoxy) is 1. The summed E-state index contributed by atoms with van der Waals surface area (Å²) in [6, 6.07) is 11.5. The highest BCUT2D eigenvalue weighted by atomic mass is 19.1. The van der Waals surface area contributed by atoms with E-state index in [4.69, 9.17) is 4.74 Å². The summed E-state index contributed by atoms with van der Waals surface area (Å²) in [4.78, 5) is 30.8. The fourth-order valence-corrected chi connectivity index (χ4v) is 3.97. The van der Waals surface area contributed by atoms with Gasteiger partial charge >= 0.3 is 0 Å². The summed E-state index contributed by atoms with van der Waals surface area (Å²) in [7, 11) is 1.59. The number of halogens is 1. The van der Waals surface area contributed by atoms with Gasteiger partial charge in [-0.1, -0.05) is 12.1 Å². The van der Waals surface area contributed by atoms with Gasteiger partial charge in [0.05, 0.1) is 18.2 Å². The fraction of sp³-hybridized carbons (Fsp3) is 0.364. The molecule has 0 spiro atoms. The van der Waals surface area contributed by atoms with Crippen molar-refractivity contribution in [3.8, 4) is 5.75 Å². The number of hydrogen-bond acceptors (Lipinski definition) is 5. The zero-order chi connectivity index (χ0) is 20.4. The van der Waals surface area contributed by atoms with Crippen LogP contribution in [0.1, 0.15) is 26.3 Å². The highest BCUT2D eigenvalue weighted by molar-refractivity contribution is 6.21. The number of amides is 2. The largest absolute Gasteiger partial charge is 0.496 e. The highest BCUT2D eigenvalue weighted by Gasteiger charge is 2.35. The zero-order valence-electron chi connectivity index (χ0n) is 16.4. The normalized spacial score (nSPS) is 17.7. The molecule has 2 amide bonds. The number of piperazine rings is 1. The van der Waals surface area contributed by atoms with E-state index >= 15 is 0 Å². The lowest BCUT2D eigenvalue weighted by molar-refractivity contribution is 0.0612. The highest BCUT2D eigenvalue weighted by Crippen LogP contribution is 2.23. The molecule has 6 nitrogen and oxygen atoms in total. The van der Waals surface area contributed by atoms with E-state index in [9.17, 15) is 14.0 Å². The molecule has 1 fully saturated rings. The number of benzene rings is 2. The molecule has 0 saturated carbocycles. The average molecular weight is 397 g/mol. The third kappa shape index (κ3) is 4.02. The third-order valence-corrected chi connectivity index (χ3v) is 5.62. The van der Waals surface area contributed by atoms with Crippen molar-refractivity contribution in [2.45, 2.75) is 6.54 Å². The minimum absolute atomic E-state index is 0.206. The van der Waals surface area contributed by atoms with Gasteiger partial charge in [-0.2, -0.15) is 0 Å². The number of carbonyl (C=O) groups is 2. The summed E-state index contributed by atoms with van der Waals surface area (Å²) in [5, 5.41) is 0. The van der Waals surface area contributed by atoms with E-state index in [2.05, 4.69) is 9.80 Å². The first-order valence-electron chi connectivity index (χ1n) is 9.79. The number of rotatable bonds is 6. The summed E-state index contributed by atoms with van der Waals surface area (Å²) in [5.41, 5.74) is 1.82. The van der Waals surface area contributed by atoms with E-state index in [1.807, 2.05) is 0 Å². The quantitative estimate of drug-likeness (QED) is 0.700. The lowest BCUT2D eigenvalue weighted by Crippen LogP contribution is -2.48. The Bertz CT molecular complexity index is 890. The molecular weight excluding hydrogens is 373 g/mol. The summed E-state index contributed by atoms with van der Waals surface area (Å²) < 4.78 is 18.9. The van der Waals surface area contributed by atoms with E-state index in [0.717, 1.165) is 31.7 Å². The number of hydrogen-bond donors (Lipinski definition) is 0. The molecule has 2 aliphatic heterocycles. The van der Waals surface area contributed by atoms with Crippen LogP contribution in [0.15, 0.2) is 42.5 Å². The number of carbonyl (C=O) groups excluding carboxylic acids is 2. The van der Waals surface area contributed by atoms with Crippen molar-refractivity contribution in [3.05, 3.63) is 65.0 Å². The Morgan fingerprint density at radius 2 is 1.52 bits per heavy atom. The van der Waals surface area contributed by atoms with Crippen LogP contribution in [0.5, 0.6) is 5.75 Å². The van der Waals surface area contributed by atoms with E-state index in [1.165, 1.54) is 17.0 Å². The molecule has 29 heavy (non-hydrogen) atoms. The van der Waals surface area contributed by atoms with Crippen molar-refractivity contribution in [1.82, 2.24) is 14.7 Å². The second-order valence-electron chi connectivity index (χ2n) is 7.38. The predicted molar refractivity (Wildman–Crippen MR) is 106 cm³/mol. The number of fused-ring (bicyclic) bond motifs is 1. The summed E-state index contributed by atoms with van der Waals surface area (Å²) in [6.45, 7) is 5.02. The Labute approximate surface area is 169 Å². The minimum Gasteiger partial charge on any atom is -0.496 e. The topological polar surface area (TPSA) is 53.1 Å². The first-order valence-corrected chi connectivity index (χ1v) is 9.79. The van der Waals surface area contributed by atoms with Crippen LogP contribution >= 0.6 is 0 Å². The maximum absolute atomic E-state index is 13.6. The van der Waals surface area contributed by atoms with Gasteiger partial charge < -0.3 is 4.74 Å². The lowest BCUT2D eigenvalue weighted by Gasteiger charge is -2.35. The zero-order valence-corrected chi connectivity index (χ0v) is 16.4. The Balaban J connectivity index is 1.29. The van der Waals surface area contributed by atoms with Gasteiger partial charge in [0.25, 0.3) is 11.8 Å². The van der Waals surface area contributed by atoms with Gasteiger partial charge in [-0.25, -0.2) is 4.39 Å². The standard InChI is InChI=1S/C22H24FN3O3/c1-29-20-7-6-17(23)14-16(20)15-25-10-8-24(9-11-25)12-13-26-21(27)18-4-2-3-5-19(18)22(26)28/h2-7,14H,8-13,15H2,1H3. The van der Waals surface area contributed by atoms with Crippen LogP contribution < -0.4 is 4.74 Å². The number of nitrogens with zero attached hydrogens (tertiary/aromatic N) is 3. The van der Waals surface area contributed by atoms with Crippen LogP contribution in [0.3, 0.4) is 0 Å². The molecule has 2 aromatic rings. The van der Waals surface area contributed by atoms with Gasteiger partial charge in [-0.05, 0) is 30.3 Å². The lowest BCUT2D eigenvalue weighted by atomic mass is 10.1. The van der Waals surface area contributed by atoms with Crippen LogP contribution in [0, 0.1) is 5.82 Å². The molecule has 2 aromatic carbocycles. The van der Waals surface area contributed by atoms with Crippen molar-refractivity contribution in [2.75, 3.05) is 46.4 Å². The maximum atomic E-state index is 13.6. The van der Waals surface area contributed by atoms with Gasteiger partial charge in [0.2, 0.25) is 0 Å². The second-order valence-corrected chi connectivity index (χ2v) is 7.38. The molecule has 0 bridgehead atoms. The Kier molecular flexibility index (Phi) is 5.60. The average Bonchev–Trinajstić information content (AvgIpc) is 2.98. The van der Waals surface area contributed by atoms with E-state index in [1.54, 1.807) is 37.4 Å². The fourth-order valence-electron chi connectivity index (χ4n) is 3.97. The van der Waals surface area contributed by atoms with Gasteiger partial charge in [0.15, 0.2) is 0 Å². The summed E-state index contributed by atoms with van der Waals surface area (Å²) in [6.07, 6.45) is 0. The van der Waals surface area contributed by atoms with E-state index in [0.29, 0.717) is 36.5 Å². The van der Waals surface area contributed by atoms with Gasteiger partial charge in [-0.3, -0.25) is 24.3 Å². The van der Waals surface area contributed by atoms with Crippen LogP contribution in [0.2, 0.25) is 0 Å². The minimum atomic E-state index is -0.264. The van der Waals surface area contributed by atoms with Crippen molar-refractivity contribution in [2.24, 2.45) is 0 Å². The monoisotopic (exact) mass is 397 g/mol. The Morgan fingerprint density at radius 3 is 2.14 bits per heavy atom. The van der Waals surface area contributed by atoms with E-state index < -0.39 is 0 Å².